The van der Waals surface area contributed by atoms with Gasteiger partial charge in [0.25, 0.3) is 0 Å². The minimum atomic E-state index is 0.708. The van der Waals surface area contributed by atoms with Crippen LogP contribution in [0.3, 0.4) is 0 Å². The maximum Gasteiger partial charge on any atom is 0.00762 e. The number of hydrogen-bond acceptors (Lipinski definition) is 2. The Hall–Kier alpha value is -0.0800. The zero-order chi connectivity index (χ0) is 12.4. The lowest BCUT2D eigenvalue weighted by molar-refractivity contribution is 0.278. The standard InChI is InChI=1S/C14H32N2/c1-6-16(7-2)12-11-14(15-5)10-8-9-13(3)4/h13-15H,6-12H2,1-5H3. The number of nitrogens with one attached hydrogen (secondary N) is 1. The molecule has 0 spiro atoms. The van der Waals surface area contributed by atoms with E-state index in [1.807, 2.05) is 0 Å². The summed E-state index contributed by atoms with van der Waals surface area (Å²) in [4.78, 5) is 2.51. The molecule has 0 bridgehead atoms. The highest BCUT2D eigenvalue weighted by molar-refractivity contribution is 4.67. The van der Waals surface area contributed by atoms with Gasteiger partial charge in [0.1, 0.15) is 0 Å². The van der Waals surface area contributed by atoms with Crippen molar-refractivity contribution in [2.45, 2.75) is 59.4 Å². The molecule has 0 aromatic rings. The summed E-state index contributed by atoms with van der Waals surface area (Å²) in [5.74, 6) is 0.847. The molecule has 0 amide bonds. The van der Waals surface area contributed by atoms with Crippen LogP contribution in [0.15, 0.2) is 0 Å². The third-order valence-electron chi connectivity index (χ3n) is 3.43. The molecule has 0 radical (unpaired) electrons. The van der Waals surface area contributed by atoms with Gasteiger partial charge in [0.15, 0.2) is 0 Å². The Kier molecular flexibility index (Phi) is 10.0. The fourth-order valence-electron chi connectivity index (χ4n) is 2.08. The molecule has 98 valence electrons. The normalized spacial score (nSPS) is 13.7. The molecule has 0 aliphatic heterocycles. The van der Waals surface area contributed by atoms with Crippen molar-refractivity contribution in [1.29, 1.82) is 0 Å². The number of nitrogens with zero attached hydrogens (tertiary/aromatic N) is 1. The molecule has 0 fully saturated rings. The third kappa shape index (κ3) is 8.12. The Labute approximate surface area is 103 Å². The van der Waals surface area contributed by atoms with Gasteiger partial charge in [0.2, 0.25) is 0 Å². The Morgan fingerprint density at radius 2 is 1.62 bits per heavy atom. The van der Waals surface area contributed by atoms with Crippen LogP contribution in [0.25, 0.3) is 0 Å². The Morgan fingerprint density at radius 3 is 2.06 bits per heavy atom. The average molecular weight is 228 g/mol. The first-order valence-corrected chi connectivity index (χ1v) is 7.03. The molecule has 1 unspecified atom stereocenters. The van der Waals surface area contributed by atoms with Crippen molar-refractivity contribution < 1.29 is 0 Å². The SMILES string of the molecule is CCN(CC)CCC(CCCC(C)C)NC. The van der Waals surface area contributed by atoms with Gasteiger partial charge in [-0.1, -0.05) is 40.5 Å². The summed E-state index contributed by atoms with van der Waals surface area (Å²) in [6.07, 6.45) is 5.34. The summed E-state index contributed by atoms with van der Waals surface area (Å²) in [5.41, 5.74) is 0. The second-order valence-corrected chi connectivity index (χ2v) is 5.13. The predicted molar refractivity (Wildman–Crippen MR) is 73.9 cm³/mol. The van der Waals surface area contributed by atoms with Gasteiger partial charge in [-0.15, -0.1) is 0 Å². The van der Waals surface area contributed by atoms with Crippen molar-refractivity contribution >= 4 is 0 Å². The molecular weight excluding hydrogens is 196 g/mol. The van der Waals surface area contributed by atoms with Crippen LogP contribution in [0.1, 0.15) is 53.4 Å². The molecule has 0 aliphatic carbocycles. The van der Waals surface area contributed by atoms with E-state index in [0.29, 0.717) is 6.04 Å². The van der Waals surface area contributed by atoms with Crippen LogP contribution < -0.4 is 5.32 Å². The van der Waals surface area contributed by atoms with Crippen molar-refractivity contribution in [1.82, 2.24) is 10.2 Å². The molecule has 0 rings (SSSR count). The molecule has 0 saturated heterocycles. The zero-order valence-corrected chi connectivity index (χ0v) is 12.1. The van der Waals surface area contributed by atoms with E-state index in [1.165, 1.54) is 45.3 Å². The van der Waals surface area contributed by atoms with Crippen molar-refractivity contribution in [3.05, 3.63) is 0 Å². The van der Waals surface area contributed by atoms with Crippen LogP contribution in [0.2, 0.25) is 0 Å². The first-order valence-electron chi connectivity index (χ1n) is 7.03. The van der Waals surface area contributed by atoms with E-state index in [1.54, 1.807) is 0 Å². The smallest absolute Gasteiger partial charge is 0.00762 e. The van der Waals surface area contributed by atoms with Crippen molar-refractivity contribution in [3.63, 3.8) is 0 Å². The molecular formula is C14H32N2. The van der Waals surface area contributed by atoms with E-state index in [4.69, 9.17) is 0 Å². The second kappa shape index (κ2) is 10.1. The summed E-state index contributed by atoms with van der Waals surface area (Å²) < 4.78 is 0. The molecule has 0 aromatic carbocycles. The highest BCUT2D eigenvalue weighted by atomic mass is 15.1. The fourth-order valence-corrected chi connectivity index (χ4v) is 2.08. The van der Waals surface area contributed by atoms with E-state index < -0.39 is 0 Å². The van der Waals surface area contributed by atoms with Gasteiger partial charge in [0.05, 0.1) is 0 Å². The maximum atomic E-state index is 3.45. The fraction of sp³-hybridized carbons (Fsp3) is 1.00. The minimum absolute atomic E-state index is 0.708. The number of hydrogen-bond donors (Lipinski definition) is 1. The first-order chi connectivity index (χ1) is 7.63. The van der Waals surface area contributed by atoms with E-state index in [2.05, 4.69) is 45.0 Å². The monoisotopic (exact) mass is 228 g/mol. The lowest BCUT2D eigenvalue weighted by atomic mass is 10.0. The third-order valence-corrected chi connectivity index (χ3v) is 3.43. The van der Waals surface area contributed by atoms with Crippen LogP contribution >= 0.6 is 0 Å². The van der Waals surface area contributed by atoms with Gasteiger partial charge in [-0.25, -0.2) is 0 Å². The molecule has 16 heavy (non-hydrogen) atoms. The lowest BCUT2D eigenvalue weighted by Crippen LogP contribution is -2.32. The minimum Gasteiger partial charge on any atom is -0.317 e. The Morgan fingerprint density at radius 1 is 1.00 bits per heavy atom. The molecule has 1 atom stereocenters. The van der Waals surface area contributed by atoms with Gasteiger partial charge in [-0.2, -0.15) is 0 Å². The summed E-state index contributed by atoms with van der Waals surface area (Å²) >= 11 is 0. The Balaban J connectivity index is 3.65. The predicted octanol–water partition coefficient (Wildman–Crippen LogP) is 3.13. The van der Waals surface area contributed by atoms with Gasteiger partial charge in [-0.3, -0.25) is 0 Å². The van der Waals surface area contributed by atoms with Gasteiger partial charge in [0, 0.05) is 6.04 Å². The molecule has 2 nitrogen and oxygen atoms in total. The lowest BCUT2D eigenvalue weighted by Gasteiger charge is -2.22. The zero-order valence-electron chi connectivity index (χ0n) is 12.1. The number of rotatable bonds is 10. The Bertz CT molecular complexity index is 142. The molecule has 2 heteroatoms. The van der Waals surface area contributed by atoms with Crippen LogP contribution in [-0.2, 0) is 0 Å². The van der Waals surface area contributed by atoms with Gasteiger partial charge >= 0.3 is 0 Å². The van der Waals surface area contributed by atoms with Gasteiger partial charge in [-0.05, 0) is 45.4 Å². The maximum absolute atomic E-state index is 3.45. The highest BCUT2D eigenvalue weighted by Gasteiger charge is 2.08. The van der Waals surface area contributed by atoms with Crippen molar-refractivity contribution in [2.75, 3.05) is 26.7 Å². The summed E-state index contributed by atoms with van der Waals surface area (Å²) in [5, 5.41) is 3.45. The largest absolute Gasteiger partial charge is 0.317 e. The highest BCUT2D eigenvalue weighted by Crippen LogP contribution is 2.10. The van der Waals surface area contributed by atoms with Crippen LogP contribution in [0.4, 0.5) is 0 Å². The molecule has 0 aliphatic rings. The van der Waals surface area contributed by atoms with Crippen molar-refractivity contribution in [2.24, 2.45) is 5.92 Å². The topological polar surface area (TPSA) is 15.3 Å². The summed E-state index contributed by atoms with van der Waals surface area (Å²) in [6.45, 7) is 12.7. The van der Waals surface area contributed by atoms with E-state index >= 15 is 0 Å². The summed E-state index contributed by atoms with van der Waals surface area (Å²) in [7, 11) is 2.10. The van der Waals surface area contributed by atoms with Crippen LogP contribution in [0.5, 0.6) is 0 Å². The van der Waals surface area contributed by atoms with E-state index in [9.17, 15) is 0 Å². The first kappa shape index (κ1) is 15.9. The molecule has 0 aromatic heterocycles. The summed E-state index contributed by atoms with van der Waals surface area (Å²) in [6, 6.07) is 0.708. The average Bonchev–Trinajstić information content (AvgIpc) is 2.27. The van der Waals surface area contributed by atoms with Gasteiger partial charge < -0.3 is 10.2 Å². The molecule has 0 heterocycles. The quantitative estimate of drug-likeness (QED) is 0.618. The van der Waals surface area contributed by atoms with Crippen LogP contribution in [-0.4, -0.2) is 37.6 Å². The van der Waals surface area contributed by atoms with E-state index in [0.717, 1.165) is 5.92 Å². The molecule has 1 N–H and O–H groups in total. The van der Waals surface area contributed by atoms with Crippen LogP contribution in [0, 0.1) is 5.92 Å². The second-order valence-electron chi connectivity index (χ2n) is 5.13. The molecule has 0 saturated carbocycles. The van der Waals surface area contributed by atoms with E-state index in [-0.39, 0.29) is 0 Å². The van der Waals surface area contributed by atoms with Crippen molar-refractivity contribution in [3.8, 4) is 0 Å².